The Kier molecular flexibility index (Phi) is 4.16. The van der Waals surface area contributed by atoms with Crippen molar-refractivity contribution in [2.75, 3.05) is 31.1 Å². The number of piperazine rings is 1. The highest BCUT2D eigenvalue weighted by Gasteiger charge is 2.22. The molecule has 1 aliphatic heterocycles. The van der Waals surface area contributed by atoms with Gasteiger partial charge in [-0.3, -0.25) is 14.9 Å². The Morgan fingerprint density at radius 3 is 2.24 bits per heavy atom. The average Bonchev–Trinajstić information content (AvgIpc) is 3.23. The first-order chi connectivity index (χ1) is 12.3. The van der Waals surface area contributed by atoms with Crippen molar-refractivity contribution in [1.82, 2.24) is 20.1 Å². The van der Waals surface area contributed by atoms with E-state index in [9.17, 15) is 4.79 Å². The van der Waals surface area contributed by atoms with Crippen LogP contribution >= 0.6 is 0 Å². The molecule has 1 saturated heterocycles. The first-order valence-corrected chi connectivity index (χ1v) is 8.35. The number of carbonyl (C=O) groups excluding carboxylic acids is 1. The number of nitrogens with zero attached hydrogens (tertiary/aromatic N) is 4. The Labute approximate surface area is 146 Å². The molecule has 6 heteroatoms. The quantitative estimate of drug-likeness (QED) is 0.799. The van der Waals surface area contributed by atoms with Crippen LogP contribution in [-0.2, 0) is 0 Å². The number of benzene rings is 1. The van der Waals surface area contributed by atoms with Crippen molar-refractivity contribution in [3.05, 3.63) is 66.6 Å². The minimum atomic E-state index is 0.0885. The first-order valence-electron chi connectivity index (χ1n) is 8.35. The molecule has 0 bridgehead atoms. The number of nitrogens with one attached hydrogen (secondary N) is 1. The fraction of sp³-hybridized carbons (Fsp3) is 0.211. The Morgan fingerprint density at radius 1 is 0.880 bits per heavy atom. The van der Waals surface area contributed by atoms with E-state index in [1.54, 1.807) is 18.6 Å². The third-order valence-corrected chi connectivity index (χ3v) is 4.54. The highest BCUT2D eigenvalue weighted by atomic mass is 16.2. The van der Waals surface area contributed by atoms with E-state index < -0.39 is 0 Å². The molecule has 0 radical (unpaired) electrons. The van der Waals surface area contributed by atoms with Gasteiger partial charge < -0.3 is 9.80 Å². The number of carbonyl (C=O) groups is 1. The molecule has 1 amide bonds. The summed E-state index contributed by atoms with van der Waals surface area (Å²) in [6, 6.07) is 13.6. The Bertz CT molecular complexity index is 822. The number of amides is 1. The third-order valence-electron chi connectivity index (χ3n) is 4.54. The number of aromatic nitrogens is 3. The van der Waals surface area contributed by atoms with Crippen LogP contribution in [0.25, 0.3) is 11.3 Å². The minimum Gasteiger partial charge on any atom is -0.368 e. The van der Waals surface area contributed by atoms with E-state index in [-0.39, 0.29) is 5.91 Å². The number of aromatic amines is 1. The molecular formula is C19H19N5O. The molecule has 1 fully saturated rings. The second kappa shape index (κ2) is 6.76. The molecule has 4 rings (SSSR count). The predicted molar refractivity (Wildman–Crippen MR) is 96.4 cm³/mol. The molecule has 1 N–H and O–H groups in total. The van der Waals surface area contributed by atoms with Crippen molar-refractivity contribution in [2.45, 2.75) is 0 Å². The molecule has 0 unspecified atom stereocenters. The summed E-state index contributed by atoms with van der Waals surface area (Å²) in [5, 5.41) is 6.88. The zero-order chi connectivity index (χ0) is 17.1. The molecule has 25 heavy (non-hydrogen) atoms. The summed E-state index contributed by atoms with van der Waals surface area (Å²) in [4.78, 5) is 21.0. The summed E-state index contributed by atoms with van der Waals surface area (Å²) in [6.45, 7) is 3.12. The molecule has 0 spiro atoms. The van der Waals surface area contributed by atoms with Crippen LogP contribution in [0.2, 0.25) is 0 Å². The first kappa shape index (κ1) is 15.4. The maximum atomic E-state index is 12.7. The van der Waals surface area contributed by atoms with E-state index >= 15 is 0 Å². The van der Waals surface area contributed by atoms with E-state index in [4.69, 9.17) is 0 Å². The van der Waals surface area contributed by atoms with Crippen molar-refractivity contribution in [3.8, 4) is 11.3 Å². The largest absolute Gasteiger partial charge is 0.368 e. The van der Waals surface area contributed by atoms with E-state index in [1.807, 2.05) is 47.4 Å². The minimum absolute atomic E-state index is 0.0885. The highest BCUT2D eigenvalue weighted by Crippen LogP contribution is 2.19. The van der Waals surface area contributed by atoms with Gasteiger partial charge in [0.15, 0.2) is 0 Å². The molecule has 126 valence electrons. The Hall–Kier alpha value is -3.15. The number of anilines is 1. The molecule has 1 aromatic carbocycles. The Morgan fingerprint density at radius 2 is 1.60 bits per heavy atom. The Balaban J connectivity index is 1.40. The third kappa shape index (κ3) is 3.24. The molecule has 3 aromatic rings. The molecule has 0 aliphatic carbocycles. The van der Waals surface area contributed by atoms with E-state index in [2.05, 4.69) is 20.1 Å². The van der Waals surface area contributed by atoms with Gasteiger partial charge in [0.1, 0.15) is 0 Å². The van der Waals surface area contributed by atoms with Crippen LogP contribution in [0.3, 0.4) is 0 Å². The van der Waals surface area contributed by atoms with Crippen molar-refractivity contribution >= 4 is 11.6 Å². The van der Waals surface area contributed by atoms with Gasteiger partial charge in [-0.25, -0.2) is 0 Å². The maximum Gasteiger partial charge on any atom is 0.253 e. The lowest BCUT2D eigenvalue weighted by molar-refractivity contribution is 0.0747. The van der Waals surface area contributed by atoms with E-state index in [1.165, 1.54) is 0 Å². The van der Waals surface area contributed by atoms with Gasteiger partial charge in [0, 0.05) is 56.0 Å². The SMILES string of the molecule is O=C(c1ccc(-c2ccn[nH]2)cc1)N1CCN(c2ccncc2)CC1. The average molecular weight is 333 g/mol. The second-order valence-electron chi connectivity index (χ2n) is 6.03. The number of pyridine rings is 1. The molecule has 0 atom stereocenters. The molecule has 2 aromatic heterocycles. The molecular weight excluding hydrogens is 314 g/mol. The zero-order valence-corrected chi connectivity index (χ0v) is 13.8. The zero-order valence-electron chi connectivity index (χ0n) is 13.8. The van der Waals surface area contributed by atoms with Crippen LogP contribution in [0.1, 0.15) is 10.4 Å². The second-order valence-corrected chi connectivity index (χ2v) is 6.03. The van der Waals surface area contributed by atoms with Crippen LogP contribution in [0.15, 0.2) is 61.1 Å². The fourth-order valence-electron chi connectivity index (χ4n) is 3.11. The molecule has 1 aliphatic rings. The van der Waals surface area contributed by atoms with Crippen molar-refractivity contribution in [2.24, 2.45) is 0 Å². The van der Waals surface area contributed by atoms with Gasteiger partial charge in [-0.15, -0.1) is 0 Å². The van der Waals surface area contributed by atoms with Gasteiger partial charge in [-0.05, 0) is 35.9 Å². The van der Waals surface area contributed by atoms with Crippen LogP contribution in [0.4, 0.5) is 5.69 Å². The maximum absolute atomic E-state index is 12.7. The van der Waals surface area contributed by atoms with Crippen molar-refractivity contribution < 1.29 is 4.79 Å². The highest BCUT2D eigenvalue weighted by molar-refractivity contribution is 5.94. The fourth-order valence-corrected chi connectivity index (χ4v) is 3.11. The summed E-state index contributed by atoms with van der Waals surface area (Å²) < 4.78 is 0. The number of hydrogen-bond acceptors (Lipinski definition) is 4. The van der Waals surface area contributed by atoms with E-state index in [0.29, 0.717) is 0 Å². The summed E-state index contributed by atoms with van der Waals surface area (Å²) in [6.07, 6.45) is 5.32. The number of H-pyrrole nitrogens is 1. The monoisotopic (exact) mass is 333 g/mol. The summed E-state index contributed by atoms with van der Waals surface area (Å²) in [5.74, 6) is 0.0885. The standard InChI is InChI=1S/C19H19N5O/c25-19(16-3-1-15(2-4-16)18-7-10-21-22-18)24-13-11-23(12-14-24)17-5-8-20-9-6-17/h1-10H,11-14H2,(H,21,22). The van der Waals surface area contributed by atoms with Gasteiger partial charge in [0.25, 0.3) is 5.91 Å². The van der Waals surface area contributed by atoms with Crippen molar-refractivity contribution in [1.29, 1.82) is 0 Å². The topological polar surface area (TPSA) is 65.1 Å². The number of rotatable bonds is 3. The normalized spacial score (nSPS) is 14.6. The van der Waals surface area contributed by atoms with E-state index in [0.717, 1.165) is 48.7 Å². The van der Waals surface area contributed by atoms with Gasteiger partial charge in [-0.2, -0.15) is 5.10 Å². The van der Waals surface area contributed by atoms with Gasteiger partial charge in [-0.1, -0.05) is 12.1 Å². The molecule has 6 nitrogen and oxygen atoms in total. The number of hydrogen-bond donors (Lipinski definition) is 1. The van der Waals surface area contributed by atoms with Crippen molar-refractivity contribution in [3.63, 3.8) is 0 Å². The van der Waals surface area contributed by atoms with Crippen LogP contribution in [-0.4, -0.2) is 52.2 Å². The molecule has 3 heterocycles. The lowest BCUT2D eigenvalue weighted by Gasteiger charge is -2.36. The smallest absolute Gasteiger partial charge is 0.253 e. The summed E-state index contributed by atoms with van der Waals surface area (Å²) >= 11 is 0. The van der Waals surface area contributed by atoms with Gasteiger partial charge in [0.05, 0.1) is 5.69 Å². The lowest BCUT2D eigenvalue weighted by Crippen LogP contribution is -2.48. The predicted octanol–water partition coefficient (Wildman–Crippen LogP) is 2.43. The van der Waals surface area contributed by atoms with Gasteiger partial charge in [0.2, 0.25) is 0 Å². The van der Waals surface area contributed by atoms with Crippen LogP contribution in [0.5, 0.6) is 0 Å². The lowest BCUT2D eigenvalue weighted by atomic mass is 10.1. The summed E-state index contributed by atoms with van der Waals surface area (Å²) in [5.41, 5.74) is 3.85. The van der Waals surface area contributed by atoms with Crippen LogP contribution in [0, 0.1) is 0 Å². The van der Waals surface area contributed by atoms with Gasteiger partial charge >= 0.3 is 0 Å². The van der Waals surface area contributed by atoms with Crippen LogP contribution < -0.4 is 4.90 Å². The summed E-state index contributed by atoms with van der Waals surface area (Å²) in [7, 11) is 0. The molecule has 0 saturated carbocycles.